The van der Waals surface area contributed by atoms with Gasteiger partial charge in [-0.25, -0.2) is 0 Å². The van der Waals surface area contributed by atoms with Crippen molar-refractivity contribution in [1.82, 2.24) is 5.32 Å². The fourth-order valence-electron chi connectivity index (χ4n) is 3.10. The Bertz CT molecular complexity index is 592. The Labute approximate surface area is 128 Å². The van der Waals surface area contributed by atoms with Crippen LogP contribution in [-0.2, 0) is 0 Å². The lowest BCUT2D eigenvalue weighted by atomic mass is 9.85. The maximum Gasteiger partial charge on any atom is 0.124 e. The molecule has 112 valence electrons. The van der Waals surface area contributed by atoms with Crippen molar-refractivity contribution >= 4 is 0 Å². The van der Waals surface area contributed by atoms with Crippen molar-refractivity contribution in [1.29, 1.82) is 0 Å². The number of hydrogen-bond acceptors (Lipinski definition) is 2. The van der Waals surface area contributed by atoms with Crippen molar-refractivity contribution in [2.45, 2.75) is 32.7 Å². The number of methoxy groups -OCH3 is 1. The number of likely N-dealkylation sites (N-methyl/N-ethyl adjacent to an activating group) is 1. The van der Waals surface area contributed by atoms with Crippen LogP contribution in [-0.4, -0.2) is 14.2 Å². The molecule has 2 unspecified atom stereocenters. The molecule has 0 bridgehead atoms. The van der Waals surface area contributed by atoms with E-state index in [9.17, 15) is 0 Å². The van der Waals surface area contributed by atoms with Gasteiger partial charge in [-0.15, -0.1) is 0 Å². The van der Waals surface area contributed by atoms with Gasteiger partial charge in [0, 0.05) is 17.5 Å². The number of hydrogen-bond donors (Lipinski definition) is 1. The molecule has 2 rings (SSSR count). The average molecular weight is 283 g/mol. The Hall–Kier alpha value is -1.80. The maximum absolute atomic E-state index is 5.64. The Balaban J connectivity index is 2.47. The summed E-state index contributed by atoms with van der Waals surface area (Å²) in [6.07, 6.45) is 0. The zero-order valence-electron chi connectivity index (χ0n) is 13.6. The third-order valence-electron chi connectivity index (χ3n) is 4.16. The number of aryl methyl sites for hydroxylation is 2. The van der Waals surface area contributed by atoms with E-state index < -0.39 is 0 Å². The molecule has 1 N–H and O–H groups in total. The third-order valence-corrected chi connectivity index (χ3v) is 4.16. The fourth-order valence-corrected chi connectivity index (χ4v) is 3.10. The first kappa shape index (κ1) is 15.6. The molecule has 0 aliphatic rings. The molecule has 0 aromatic heterocycles. The first-order valence-electron chi connectivity index (χ1n) is 7.45. The van der Waals surface area contributed by atoms with Crippen LogP contribution in [0, 0.1) is 13.8 Å². The zero-order chi connectivity index (χ0) is 15.4. The minimum Gasteiger partial charge on any atom is -0.496 e. The van der Waals surface area contributed by atoms with Gasteiger partial charge in [0.05, 0.1) is 7.11 Å². The highest BCUT2D eigenvalue weighted by Gasteiger charge is 2.24. The topological polar surface area (TPSA) is 21.3 Å². The van der Waals surface area contributed by atoms with Crippen LogP contribution in [0.4, 0.5) is 0 Å². The van der Waals surface area contributed by atoms with Gasteiger partial charge >= 0.3 is 0 Å². The van der Waals surface area contributed by atoms with Crippen molar-refractivity contribution in [3.63, 3.8) is 0 Å². The third kappa shape index (κ3) is 3.27. The summed E-state index contributed by atoms with van der Waals surface area (Å²) in [4.78, 5) is 0. The molecular weight excluding hydrogens is 258 g/mol. The first-order valence-corrected chi connectivity index (χ1v) is 7.45. The molecule has 2 nitrogen and oxygen atoms in total. The number of rotatable bonds is 5. The van der Waals surface area contributed by atoms with Gasteiger partial charge in [-0.3, -0.25) is 0 Å². The van der Waals surface area contributed by atoms with E-state index in [-0.39, 0.29) is 6.04 Å². The summed E-state index contributed by atoms with van der Waals surface area (Å²) in [7, 11) is 3.76. The lowest BCUT2D eigenvalue weighted by Crippen LogP contribution is -2.24. The molecule has 2 aromatic carbocycles. The van der Waals surface area contributed by atoms with Gasteiger partial charge in [-0.2, -0.15) is 0 Å². The number of ether oxygens (including phenoxy) is 1. The van der Waals surface area contributed by atoms with E-state index in [1.165, 1.54) is 22.3 Å². The molecule has 21 heavy (non-hydrogen) atoms. The van der Waals surface area contributed by atoms with Crippen molar-refractivity contribution < 1.29 is 4.74 Å². The molecule has 0 fully saturated rings. The Morgan fingerprint density at radius 1 is 1.05 bits per heavy atom. The minimum absolute atomic E-state index is 0.225. The summed E-state index contributed by atoms with van der Waals surface area (Å²) in [6.45, 7) is 6.52. The van der Waals surface area contributed by atoms with E-state index >= 15 is 0 Å². The predicted octanol–water partition coefficient (Wildman–Crippen LogP) is 4.38. The molecule has 0 aliphatic carbocycles. The van der Waals surface area contributed by atoms with E-state index in [0.717, 1.165) is 5.75 Å². The normalized spacial score (nSPS) is 13.8. The summed E-state index contributed by atoms with van der Waals surface area (Å²) >= 11 is 0. The van der Waals surface area contributed by atoms with E-state index in [0.29, 0.717) is 5.92 Å². The molecule has 0 spiro atoms. The SMILES string of the molecule is CNC(c1c(C)cc(C)cc1OC)C(C)c1ccccc1. The molecule has 0 aliphatic heterocycles. The molecule has 2 heteroatoms. The smallest absolute Gasteiger partial charge is 0.124 e. The first-order chi connectivity index (χ1) is 10.1. The van der Waals surface area contributed by atoms with Gasteiger partial charge in [0.2, 0.25) is 0 Å². The molecule has 0 saturated carbocycles. The summed E-state index contributed by atoms with van der Waals surface area (Å²) in [5.41, 5.74) is 5.09. The second-order valence-corrected chi connectivity index (χ2v) is 5.66. The van der Waals surface area contributed by atoms with Crippen LogP contribution in [0.15, 0.2) is 42.5 Å². The van der Waals surface area contributed by atoms with Crippen LogP contribution in [0.1, 0.15) is 41.1 Å². The number of nitrogens with one attached hydrogen (secondary N) is 1. The molecule has 0 radical (unpaired) electrons. The maximum atomic E-state index is 5.64. The Kier molecular flexibility index (Phi) is 5.03. The van der Waals surface area contributed by atoms with Crippen molar-refractivity contribution in [2.75, 3.05) is 14.2 Å². The lowest BCUT2D eigenvalue weighted by Gasteiger charge is -2.28. The van der Waals surface area contributed by atoms with Crippen molar-refractivity contribution in [2.24, 2.45) is 0 Å². The van der Waals surface area contributed by atoms with Gasteiger partial charge in [0.1, 0.15) is 5.75 Å². The molecule has 0 amide bonds. The van der Waals surface area contributed by atoms with Crippen LogP contribution in [0.3, 0.4) is 0 Å². The monoisotopic (exact) mass is 283 g/mol. The predicted molar refractivity (Wildman–Crippen MR) is 89.1 cm³/mol. The summed E-state index contributed by atoms with van der Waals surface area (Å²) < 4.78 is 5.64. The molecule has 0 heterocycles. The van der Waals surface area contributed by atoms with Gasteiger partial charge in [-0.1, -0.05) is 43.3 Å². The highest BCUT2D eigenvalue weighted by molar-refractivity contribution is 5.46. The van der Waals surface area contributed by atoms with Gasteiger partial charge in [0.25, 0.3) is 0 Å². The highest BCUT2D eigenvalue weighted by Crippen LogP contribution is 2.37. The zero-order valence-corrected chi connectivity index (χ0v) is 13.6. The number of benzene rings is 2. The van der Waals surface area contributed by atoms with Crippen LogP contribution in [0.25, 0.3) is 0 Å². The molecular formula is C19H25NO. The summed E-state index contributed by atoms with van der Waals surface area (Å²) in [5, 5.41) is 3.47. The van der Waals surface area contributed by atoms with E-state index in [4.69, 9.17) is 4.74 Å². The van der Waals surface area contributed by atoms with Crippen molar-refractivity contribution in [3.8, 4) is 5.75 Å². The van der Waals surface area contributed by atoms with Gasteiger partial charge < -0.3 is 10.1 Å². The van der Waals surface area contributed by atoms with Crippen LogP contribution in [0.2, 0.25) is 0 Å². The quantitative estimate of drug-likeness (QED) is 0.879. The molecule has 2 atom stereocenters. The second kappa shape index (κ2) is 6.77. The van der Waals surface area contributed by atoms with Gasteiger partial charge in [0.15, 0.2) is 0 Å². The molecule has 2 aromatic rings. The van der Waals surface area contributed by atoms with E-state index in [1.807, 2.05) is 7.05 Å². The minimum atomic E-state index is 0.225. The van der Waals surface area contributed by atoms with Crippen LogP contribution >= 0.6 is 0 Å². The van der Waals surface area contributed by atoms with Crippen LogP contribution in [0.5, 0.6) is 5.75 Å². The highest BCUT2D eigenvalue weighted by atomic mass is 16.5. The Morgan fingerprint density at radius 2 is 1.71 bits per heavy atom. The average Bonchev–Trinajstić information content (AvgIpc) is 2.50. The second-order valence-electron chi connectivity index (χ2n) is 5.66. The standard InChI is InChI=1S/C19H25NO/c1-13-11-14(2)18(17(12-13)21-5)19(20-4)15(3)16-9-7-6-8-10-16/h6-12,15,19-20H,1-5H3. The lowest BCUT2D eigenvalue weighted by molar-refractivity contribution is 0.393. The van der Waals surface area contributed by atoms with Crippen molar-refractivity contribution in [3.05, 3.63) is 64.7 Å². The summed E-state index contributed by atoms with van der Waals surface area (Å²) in [5.74, 6) is 1.33. The summed E-state index contributed by atoms with van der Waals surface area (Å²) in [6, 6.07) is 15.2. The fraction of sp³-hybridized carbons (Fsp3) is 0.368. The van der Waals surface area contributed by atoms with Gasteiger partial charge in [-0.05, 0) is 43.7 Å². The van der Waals surface area contributed by atoms with E-state index in [1.54, 1.807) is 7.11 Å². The van der Waals surface area contributed by atoms with E-state index in [2.05, 4.69) is 68.6 Å². The van der Waals surface area contributed by atoms with Crippen LogP contribution < -0.4 is 10.1 Å². The Morgan fingerprint density at radius 3 is 2.29 bits per heavy atom. The largest absolute Gasteiger partial charge is 0.496 e. The molecule has 0 saturated heterocycles.